The highest BCUT2D eigenvalue weighted by atomic mass is 16.7. The molecule has 1 fully saturated rings. The molecular formula is C21H32N2O3. The highest BCUT2D eigenvalue weighted by Gasteiger charge is 2.41. The Morgan fingerprint density at radius 3 is 2.46 bits per heavy atom. The highest BCUT2D eigenvalue weighted by Crippen LogP contribution is 2.35. The van der Waals surface area contributed by atoms with E-state index in [1.54, 1.807) is 0 Å². The van der Waals surface area contributed by atoms with Crippen molar-refractivity contribution in [1.82, 2.24) is 10.2 Å². The Morgan fingerprint density at radius 1 is 1.15 bits per heavy atom. The number of carbonyl (C=O) groups is 1. The fourth-order valence-electron chi connectivity index (χ4n) is 4.46. The van der Waals surface area contributed by atoms with E-state index >= 15 is 0 Å². The van der Waals surface area contributed by atoms with Gasteiger partial charge in [0.1, 0.15) is 0 Å². The lowest BCUT2D eigenvalue weighted by Gasteiger charge is -2.49. The number of unbranched alkanes of at least 4 members (excludes halogenated alkanes) is 1. The second-order valence-corrected chi connectivity index (χ2v) is 8.87. The van der Waals surface area contributed by atoms with Gasteiger partial charge in [0.2, 0.25) is 6.79 Å². The predicted octanol–water partition coefficient (Wildman–Crippen LogP) is 3.97. The molecule has 0 atom stereocenters. The maximum atomic E-state index is 13.4. The minimum Gasteiger partial charge on any atom is -0.454 e. The summed E-state index contributed by atoms with van der Waals surface area (Å²) in [5, 5.41) is 3.71. The van der Waals surface area contributed by atoms with Gasteiger partial charge in [0.05, 0.1) is 0 Å². The number of amides is 1. The predicted molar refractivity (Wildman–Crippen MR) is 103 cm³/mol. The number of hydrogen-bond donors (Lipinski definition) is 1. The summed E-state index contributed by atoms with van der Waals surface area (Å²) in [6, 6.07) is 5.74. The van der Waals surface area contributed by atoms with Crippen molar-refractivity contribution in [2.75, 3.05) is 13.3 Å². The normalized spacial score (nSPS) is 20.8. The summed E-state index contributed by atoms with van der Waals surface area (Å²) in [6.07, 6.45) is 4.00. The molecule has 0 aromatic heterocycles. The van der Waals surface area contributed by atoms with Gasteiger partial charge in [-0.1, -0.05) is 13.3 Å². The number of carbonyl (C=O) groups excluding carboxylic acids is 1. The molecule has 1 amide bonds. The molecule has 0 saturated carbocycles. The molecule has 3 rings (SSSR count). The third kappa shape index (κ3) is 4.14. The Labute approximate surface area is 157 Å². The van der Waals surface area contributed by atoms with Crippen LogP contribution in [0.25, 0.3) is 0 Å². The maximum Gasteiger partial charge on any atom is 0.254 e. The van der Waals surface area contributed by atoms with Gasteiger partial charge in [-0.25, -0.2) is 0 Å². The topological polar surface area (TPSA) is 50.8 Å². The van der Waals surface area contributed by atoms with Crippen molar-refractivity contribution < 1.29 is 14.3 Å². The van der Waals surface area contributed by atoms with Gasteiger partial charge in [-0.3, -0.25) is 4.79 Å². The van der Waals surface area contributed by atoms with Crippen LogP contribution in [0.15, 0.2) is 18.2 Å². The fraction of sp³-hybridized carbons (Fsp3) is 0.667. The van der Waals surface area contributed by atoms with Crippen LogP contribution in [0, 0.1) is 0 Å². The summed E-state index contributed by atoms with van der Waals surface area (Å²) in [4.78, 5) is 15.5. The number of rotatable bonds is 5. The van der Waals surface area contributed by atoms with Crippen LogP contribution in [-0.4, -0.2) is 41.3 Å². The Morgan fingerprint density at radius 2 is 1.81 bits per heavy atom. The number of ether oxygens (including phenoxy) is 2. The third-order valence-electron chi connectivity index (χ3n) is 5.24. The fourth-order valence-corrected chi connectivity index (χ4v) is 4.46. The van der Waals surface area contributed by atoms with Crippen molar-refractivity contribution in [1.29, 1.82) is 0 Å². The van der Waals surface area contributed by atoms with Crippen molar-refractivity contribution in [2.45, 2.75) is 77.4 Å². The van der Waals surface area contributed by atoms with Crippen molar-refractivity contribution in [3.63, 3.8) is 0 Å². The van der Waals surface area contributed by atoms with Crippen LogP contribution in [-0.2, 0) is 0 Å². The summed E-state index contributed by atoms with van der Waals surface area (Å²) in [7, 11) is 0. The third-order valence-corrected chi connectivity index (χ3v) is 5.24. The summed E-state index contributed by atoms with van der Waals surface area (Å²) in [5.74, 6) is 1.47. The van der Waals surface area contributed by atoms with Gasteiger partial charge >= 0.3 is 0 Å². The molecule has 1 aromatic rings. The molecule has 5 heteroatoms. The molecule has 0 aliphatic carbocycles. The summed E-state index contributed by atoms with van der Waals surface area (Å²) >= 11 is 0. The Bertz CT molecular complexity index is 653. The lowest BCUT2D eigenvalue weighted by atomic mass is 9.78. The number of piperidine rings is 1. The monoisotopic (exact) mass is 360 g/mol. The molecule has 2 heterocycles. The zero-order chi connectivity index (χ0) is 18.9. The average Bonchev–Trinajstić information content (AvgIpc) is 2.99. The van der Waals surface area contributed by atoms with Crippen LogP contribution in [0.1, 0.15) is 70.7 Å². The largest absolute Gasteiger partial charge is 0.454 e. The number of nitrogens with zero attached hydrogens (tertiary/aromatic N) is 1. The lowest BCUT2D eigenvalue weighted by molar-refractivity contribution is 0.0441. The Kier molecular flexibility index (Phi) is 5.20. The van der Waals surface area contributed by atoms with Crippen LogP contribution in [0.3, 0.4) is 0 Å². The van der Waals surface area contributed by atoms with Crippen molar-refractivity contribution in [2.24, 2.45) is 0 Å². The number of nitrogens with one attached hydrogen (secondary N) is 1. The molecule has 1 saturated heterocycles. The zero-order valence-corrected chi connectivity index (χ0v) is 16.7. The molecule has 2 aliphatic heterocycles. The molecule has 144 valence electrons. The van der Waals surface area contributed by atoms with Crippen LogP contribution in [0.2, 0.25) is 0 Å². The van der Waals surface area contributed by atoms with Gasteiger partial charge in [-0.15, -0.1) is 0 Å². The minimum absolute atomic E-state index is 0.00600. The first-order valence-electron chi connectivity index (χ1n) is 9.71. The molecule has 1 N–H and O–H groups in total. The van der Waals surface area contributed by atoms with Gasteiger partial charge in [0.25, 0.3) is 5.91 Å². The van der Waals surface area contributed by atoms with E-state index < -0.39 is 0 Å². The smallest absolute Gasteiger partial charge is 0.254 e. The van der Waals surface area contributed by atoms with Gasteiger partial charge in [0, 0.05) is 29.2 Å². The van der Waals surface area contributed by atoms with Crippen molar-refractivity contribution >= 4 is 5.91 Å². The SMILES string of the molecule is CCCCN(C(=O)c1ccc2c(c1)OCO2)C1CC(C)(C)NC(C)(C)C1. The van der Waals surface area contributed by atoms with E-state index in [1.807, 2.05) is 18.2 Å². The molecule has 0 unspecified atom stereocenters. The first-order chi connectivity index (χ1) is 12.2. The van der Waals surface area contributed by atoms with Crippen LogP contribution < -0.4 is 14.8 Å². The van der Waals surface area contributed by atoms with Gasteiger partial charge < -0.3 is 19.7 Å². The molecule has 0 spiro atoms. The summed E-state index contributed by atoms with van der Waals surface area (Å²) < 4.78 is 10.8. The summed E-state index contributed by atoms with van der Waals surface area (Å²) in [6.45, 7) is 12.1. The first-order valence-corrected chi connectivity index (χ1v) is 9.71. The standard InChI is InChI=1S/C21H32N2O3/c1-6-7-10-23(16-12-20(2,3)22-21(4,5)13-16)19(24)15-8-9-17-18(11-15)26-14-25-17/h8-9,11,16,22H,6-7,10,12-14H2,1-5H3. The number of fused-ring (bicyclic) bond motifs is 1. The minimum atomic E-state index is 0.00600. The van der Waals surface area contributed by atoms with Crippen molar-refractivity contribution in [3.8, 4) is 11.5 Å². The van der Waals surface area contributed by atoms with E-state index in [9.17, 15) is 4.79 Å². The quantitative estimate of drug-likeness (QED) is 0.863. The Hall–Kier alpha value is -1.75. The van der Waals surface area contributed by atoms with E-state index in [2.05, 4.69) is 44.8 Å². The second-order valence-electron chi connectivity index (χ2n) is 8.87. The molecule has 2 aliphatic rings. The molecule has 5 nitrogen and oxygen atoms in total. The van der Waals surface area contributed by atoms with Gasteiger partial charge in [-0.05, 0) is 65.2 Å². The average molecular weight is 360 g/mol. The van der Waals surface area contributed by atoms with Gasteiger partial charge in [0.15, 0.2) is 11.5 Å². The lowest BCUT2D eigenvalue weighted by Crippen LogP contribution is -2.62. The molecule has 26 heavy (non-hydrogen) atoms. The second kappa shape index (κ2) is 7.10. The molecule has 0 radical (unpaired) electrons. The zero-order valence-electron chi connectivity index (χ0n) is 16.7. The highest BCUT2D eigenvalue weighted by molar-refractivity contribution is 5.95. The first kappa shape index (κ1) is 19.0. The van der Waals surface area contributed by atoms with Crippen LogP contribution >= 0.6 is 0 Å². The van der Waals surface area contributed by atoms with E-state index in [0.29, 0.717) is 17.1 Å². The molecule has 0 bridgehead atoms. The summed E-state index contributed by atoms with van der Waals surface area (Å²) in [5.41, 5.74) is 0.692. The van der Waals surface area contributed by atoms with E-state index in [-0.39, 0.29) is 29.8 Å². The van der Waals surface area contributed by atoms with Crippen LogP contribution in [0.5, 0.6) is 11.5 Å². The van der Waals surface area contributed by atoms with E-state index in [4.69, 9.17) is 9.47 Å². The number of hydrogen-bond acceptors (Lipinski definition) is 4. The van der Waals surface area contributed by atoms with Gasteiger partial charge in [-0.2, -0.15) is 0 Å². The Balaban J connectivity index is 1.86. The maximum absolute atomic E-state index is 13.4. The van der Waals surface area contributed by atoms with Crippen molar-refractivity contribution in [3.05, 3.63) is 23.8 Å². The number of benzene rings is 1. The molecular weight excluding hydrogens is 328 g/mol. The van der Waals surface area contributed by atoms with E-state index in [1.165, 1.54) is 0 Å². The van der Waals surface area contributed by atoms with E-state index in [0.717, 1.165) is 32.2 Å². The molecule has 1 aromatic carbocycles. The van der Waals surface area contributed by atoms with Crippen LogP contribution in [0.4, 0.5) is 0 Å².